The summed E-state index contributed by atoms with van der Waals surface area (Å²) in [6.45, 7) is 11.5. The first-order chi connectivity index (χ1) is 12.7. The minimum Gasteiger partial charge on any atom is -0.222 e. The SMILES string of the molecule is C=C(C[P+](CCCC)(CCCC)CCCC)c1ccccc1.[O-][Cl+3]([O-])([O-])[O-]. The van der Waals surface area contributed by atoms with Crippen molar-refractivity contribution in [2.45, 2.75) is 59.3 Å². The molecule has 4 nitrogen and oxygen atoms in total. The molecule has 0 atom stereocenters. The van der Waals surface area contributed by atoms with Gasteiger partial charge >= 0.3 is 0 Å². The molecule has 0 bridgehead atoms. The lowest BCUT2D eigenvalue weighted by molar-refractivity contribution is -2.00. The Bertz CT molecular complexity index is 475. The number of rotatable bonds is 12. The van der Waals surface area contributed by atoms with Gasteiger partial charge in [0, 0.05) is 7.26 Å². The fourth-order valence-electron chi connectivity index (χ4n) is 3.22. The largest absolute Gasteiger partial charge is 0.222 e. The molecule has 156 valence electrons. The molecule has 0 radical (unpaired) electrons. The van der Waals surface area contributed by atoms with Gasteiger partial charge in [0.2, 0.25) is 0 Å². The summed E-state index contributed by atoms with van der Waals surface area (Å²) in [4.78, 5) is 0. The van der Waals surface area contributed by atoms with E-state index in [4.69, 9.17) is 18.6 Å². The Labute approximate surface area is 168 Å². The Hall–Kier alpha value is -0.480. The highest BCUT2D eigenvalue weighted by Crippen LogP contribution is 2.62. The molecular weight excluding hydrogens is 383 g/mol. The van der Waals surface area contributed by atoms with Gasteiger partial charge in [-0.3, -0.25) is 0 Å². The van der Waals surface area contributed by atoms with Crippen LogP contribution in [0.4, 0.5) is 0 Å². The molecule has 27 heavy (non-hydrogen) atoms. The molecule has 0 heterocycles. The predicted molar refractivity (Wildman–Crippen MR) is 107 cm³/mol. The maximum atomic E-state index is 8.49. The molecule has 0 aliphatic heterocycles. The van der Waals surface area contributed by atoms with Crippen molar-refractivity contribution in [1.82, 2.24) is 0 Å². The normalized spacial score (nSPS) is 11.7. The molecule has 0 N–H and O–H groups in total. The minimum absolute atomic E-state index is 0.867. The second-order valence-electron chi connectivity index (χ2n) is 7.08. The van der Waals surface area contributed by atoms with Crippen molar-refractivity contribution >= 4 is 12.8 Å². The van der Waals surface area contributed by atoms with Crippen LogP contribution in [0.25, 0.3) is 5.57 Å². The molecule has 1 aromatic rings. The average Bonchev–Trinajstić information content (AvgIpc) is 2.62. The number of hydrogen-bond acceptors (Lipinski definition) is 4. The molecule has 0 fully saturated rings. The van der Waals surface area contributed by atoms with Gasteiger partial charge in [-0.05, 0) is 30.4 Å². The summed E-state index contributed by atoms with van der Waals surface area (Å²) < 4.78 is 34.0. The zero-order valence-electron chi connectivity index (χ0n) is 17.1. The van der Waals surface area contributed by atoms with Crippen LogP contribution in [0.1, 0.15) is 64.9 Å². The van der Waals surface area contributed by atoms with Crippen LogP contribution in [-0.4, -0.2) is 24.6 Å². The second-order valence-corrected chi connectivity index (χ2v) is 12.2. The van der Waals surface area contributed by atoms with Crippen molar-refractivity contribution < 1.29 is 28.9 Å². The highest BCUT2D eigenvalue weighted by molar-refractivity contribution is 7.76. The Morgan fingerprint density at radius 1 is 0.815 bits per heavy atom. The minimum atomic E-state index is -4.94. The molecule has 6 heteroatoms. The van der Waals surface area contributed by atoms with Gasteiger partial charge in [-0.1, -0.05) is 76.9 Å². The van der Waals surface area contributed by atoms with E-state index in [0.29, 0.717) is 0 Å². The van der Waals surface area contributed by atoms with Crippen molar-refractivity contribution in [2.75, 3.05) is 24.6 Å². The van der Waals surface area contributed by atoms with E-state index in [0.717, 1.165) is 0 Å². The summed E-state index contributed by atoms with van der Waals surface area (Å²) in [5.74, 6) is 0. The summed E-state index contributed by atoms with van der Waals surface area (Å²) in [6.07, 6.45) is 13.9. The fraction of sp³-hybridized carbons (Fsp3) is 0.619. The molecule has 0 saturated heterocycles. The van der Waals surface area contributed by atoms with Crippen LogP contribution in [0, 0.1) is 10.2 Å². The number of halogens is 1. The van der Waals surface area contributed by atoms with Crippen LogP contribution >= 0.6 is 7.26 Å². The summed E-state index contributed by atoms with van der Waals surface area (Å²) in [5.41, 5.74) is 2.74. The standard InChI is InChI=1S/C21H36P.ClHO4/c1-5-8-16-22(17-9-6-2,18-10-7-3)19-20(4)21-14-12-11-13-15-21;2-1(3,4)5/h11-15H,4-10,16-19H2,1-3H3;(H,2,3,4,5)/q+1;/p-1. The lowest BCUT2D eigenvalue weighted by Crippen LogP contribution is -2.68. The third kappa shape index (κ3) is 14.2. The fourth-order valence-corrected chi connectivity index (χ4v) is 8.32. The van der Waals surface area contributed by atoms with E-state index in [1.54, 1.807) is 0 Å². The predicted octanol–water partition coefficient (Wildman–Crippen LogP) is 2.36. The molecule has 1 aromatic carbocycles. The summed E-state index contributed by atoms with van der Waals surface area (Å²) in [5, 5.41) is 0. The van der Waals surface area contributed by atoms with Crippen LogP contribution in [0.2, 0.25) is 0 Å². The van der Waals surface area contributed by atoms with Crippen LogP contribution in [0.15, 0.2) is 36.9 Å². The quantitative estimate of drug-likeness (QED) is 0.487. The zero-order valence-corrected chi connectivity index (χ0v) is 18.8. The third-order valence-corrected chi connectivity index (χ3v) is 9.51. The van der Waals surface area contributed by atoms with E-state index in [1.165, 1.54) is 74.3 Å². The second kappa shape index (κ2) is 14.5. The topological polar surface area (TPSA) is 92.2 Å². The van der Waals surface area contributed by atoms with Crippen LogP contribution in [-0.2, 0) is 0 Å². The number of benzene rings is 1. The molecule has 0 aliphatic rings. The van der Waals surface area contributed by atoms with Crippen molar-refractivity contribution in [1.29, 1.82) is 0 Å². The van der Waals surface area contributed by atoms with Gasteiger partial charge in [0.25, 0.3) is 0 Å². The number of unbranched alkanes of at least 4 members (excludes halogenated alkanes) is 3. The van der Waals surface area contributed by atoms with E-state index < -0.39 is 17.5 Å². The van der Waals surface area contributed by atoms with Gasteiger partial charge in [-0.15, -0.1) is 10.2 Å². The van der Waals surface area contributed by atoms with Crippen molar-refractivity contribution in [3.05, 3.63) is 42.5 Å². The highest BCUT2D eigenvalue weighted by atomic mass is 35.7. The molecular formula is C21H36ClO4P. The lowest BCUT2D eigenvalue weighted by atomic mass is 10.1. The smallest absolute Gasteiger partial charge is 0.0842 e. The van der Waals surface area contributed by atoms with Gasteiger partial charge < -0.3 is 0 Å². The lowest BCUT2D eigenvalue weighted by Gasteiger charge is -2.29. The van der Waals surface area contributed by atoms with E-state index in [2.05, 4.69) is 57.7 Å². The molecule has 0 amide bonds. The van der Waals surface area contributed by atoms with Crippen LogP contribution in [0.5, 0.6) is 0 Å². The average molecular weight is 419 g/mol. The number of hydrogen-bond donors (Lipinski definition) is 0. The van der Waals surface area contributed by atoms with Gasteiger partial charge in [-0.2, -0.15) is 0 Å². The van der Waals surface area contributed by atoms with E-state index in [1.807, 2.05) is 0 Å². The molecule has 0 unspecified atom stereocenters. The van der Waals surface area contributed by atoms with Crippen molar-refractivity contribution in [3.63, 3.8) is 0 Å². The Balaban J connectivity index is 0.00000119. The first-order valence-electron chi connectivity index (χ1n) is 9.87. The summed E-state index contributed by atoms with van der Waals surface area (Å²) in [7, 11) is -5.81. The summed E-state index contributed by atoms with van der Waals surface area (Å²) >= 11 is 0. The first-order valence-corrected chi connectivity index (χ1v) is 13.6. The van der Waals surface area contributed by atoms with Crippen LogP contribution < -0.4 is 18.6 Å². The third-order valence-electron chi connectivity index (χ3n) is 4.67. The molecule has 0 spiro atoms. The summed E-state index contributed by atoms with van der Waals surface area (Å²) in [6, 6.07) is 10.9. The maximum Gasteiger partial charge on any atom is 0.0842 e. The molecule has 1 rings (SSSR count). The molecule has 0 aliphatic carbocycles. The Morgan fingerprint density at radius 2 is 1.19 bits per heavy atom. The van der Waals surface area contributed by atoms with Gasteiger partial charge in [-0.25, -0.2) is 18.6 Å². The van der Waals surface area contributed by atoms with E-state index >= 15 is 0 Å². The molecule has 0 saturated carbocycles. The Kier molecular flexibility index (Phi) is 14.3. The van der Waals surface area contributed by atoms with Gasteiger partial charge in [0.05, 0.1) is 24.6 Å². The zero-order chi connectivity index (χ0) is 20.8. The van der Waals surface area contributed by atoms with Crippen molar-refractivity contribution in [3.8, 4) is 0 Å². The Morgan fingerprint density at radius 3 is 1.52 bits per heavy atom. The van der Waals surface area contributed by atoms with Crippen LogP contribution in [0.3, 0.4) is 0 Å². The van der Waals surface area contributed by atoms with E-state index in [-0.39, 0.29) is 0 Å². The van der Waals surface area contributed by atoms with Gasteiger partial charge in [0.15, 0.2) is 0 Å². The highest BCUT2D eigenvalue weighted by Gasteiger charge is 2.36. The monoisotopic (exact) mass is 418 g/mol. The van der Waals surface area contributed by atoms with Gasteiger partial charge in [0.1, 0.15) is 0 Å². The molecule has 0 aromatic heterocycles. The van der Waals surface area contributed by atoms with Crippen molar-refractivity contribution in [2.24, 2.45) is 0 Å². The van der Waals surface area contributed by atoms with E-state index in [9.17, 15) is 0 Å². The first kappa shape index (κ1) is 26.5. The number of allylic oxidation sites excluding steroid dienone is 1. The maximum absolute atomic E-state index is 8.49.